The maximum atomic E-state index is 5.86. The van der Waals surface area contributed by atoms with E-state index in [4.69, 9.17) is 17.3 Å². The lowest BCUT2D eigenvalue weighted by atomic mass is 10.1. The zero-order valence-electron chi connectivity index (χ0n) is 9.08. The smallest absolute Gasteiger partial charge is 0.188 e. The van der Waals surface area contributed by atoms with Crippen molar-refractivity contribution in [2.45, 2.75) is 10.4 Å². The molecule has 0 aliphatic carbocycles. The van der Waals surface area contributed by atoms with Crippen molar-refractivity contribution in [1.82, 2.24) is 9.97 Å². The lowest BCUT2D eigenvalue weighted by Gasteiger charge is -2.13. The van der Waals surface area contributed by atoms with Crippen LogP contribution in [-0.4, -0.2) is 16.5 Å². The molecule has 1 aromatic carbocycles. The number of benzene rings is 1. The van der Waals surface area contributed by atoms with Crippen LogP contribution in [0.2, 0.25) is 5.02 Å². The van der Waals surface area contributed by atoms with Crippen LogP contribution < -0.4 is 5.73 Å². The van der Waals surface area contributed by atoms with Crippen LogP contribution in [-0.2, 0) is 0 Å². The Kier molecular flexibility index (Phi) is 4.36. The Hall–Kier alpha value is -1.10. The second kappa shape index (κ2) is 6.00. The summed E-state index contributed by atoms with van der Waals surface area (Å²) >= 11 is 7.41. The number of aromatic nitrogens is 2. The van der Waals surface area contributed by atoms with Gasteiger partial charge in [0.2, 0.25) is 0 Å². The molecule has 0 fully saturated rings. The summed E-state index contributed by atoms with van der Waals surface area (Å²) in [4.78, 5) is 8.36. The van der Waals surface area contributed by atoms with Crippen molar-refractivity contribution >= 4 is 23.4 Å². The molecular formula is C12H12ClN3S. The number of hydrogen-bond acceptors (Lipinski definition) is 4. The minimum atomic E-state index is 0.148. The fourth-order valence-electron chi connectivity index (χ4n) is 1.40. The number of hydrogen-bond donors (Lipinski definition) is 1. The summed E-state index contributed by atoms with van der Waals surface area (Å²) in [6, 6.07) is 9.49. The van der Waals surface area contributed by atoms with Crippen molar-refractivity contribution in [2.75, 3.05) is 6.54 Å². The van der Waals surface area contributed by atoms with Crippen LogP contribution in [0.1, 0.15) is 10.8 Å². The van der Waals surface area contributed by atoms with E-state index in [1.807, 2.05) is 24.3 Å². The first-order valence-electron chi connectivity index (χ1n) is 5.19. The van der Waals surface area contributed by atoms with Gasteiger partial charge in [0.15, 0.2) is 5.16 Å². The average molecular weight is 266 g/mol. The van der Waals surface area contributed by atoms with Gasteiger partial charge in [0, 0.05) is 29.2 Å². The highest BCUT2D eigenvalue weighted by Crippen LogP contribution is 2.32. The zero-order chi connectivity index (χ0) is 12.1. The van der Waals surface area contributed by atoms with Gasteiger partial charge < -0.3 is 5.73 Å². The second-order valence-electron chi connectivity index (χ2n) is 3.43. The molecule has 2 rings (SSSR count). The van der Waals surface area contributed by atoms with Gasteiger partial charge in [-0.3, -0.25) is 0 Å². The second-order valence-corrected chi connectivity index (χ2v) is 5.03. The molecule has 0 amide bonds. The third kappa shape index (κ3) is 3.43. The normalized spacial score (nSPS) is 12.4. The Balaban J connectivity index is 2.14. The van der Waals surface area contributed by atoms with Gasteiger partial charge >= 0.3 is 0 Å². The van der Waals surface area contributed by atoms with Gasteiger partial charge in [0.1, 0.15) is 0 Å². The van der Waals surface area contributed by atoms with Crippen LogP contribution >= 0.6 is 23.4 Å². The van der Waals surface area contributed by atoms with Crippen LogP contribution in [0.25, 0.3) is 0 Å². The summed E-state index contributed by atoms with van der Waals surface area (Å²) in [5, 5.41) is 1.61. The van der Waals surface area contributed by atoms with Crippen molar-refractivity contribution in [2.24, 2.45) is 5.73 Å². The molecule has 1 atom stereocenters. The summed E-state index contributed by atoms with van der Waals surface area (Å²) < 4.78 is 0. The largest absolute Gasteiger partial charge is 0.329 e. The van der Waals surface area contributed by atoms with Gasteiger partial charge in [-0.2, -0.15) is 0 Å². The average Bonchev–Trinajstić information content (AvgIpc) is 2.38. The topological polar surface area (TPSA) is 51.8 Å². The minimum Gasteiger partial charge on any atom is -0.329 e. The first kappa shape index (κ1) is 12.4. The maximum absolute atomic E-state index is 5.86. The van der Waals surface area contributed by atoms with E-state index < -0.39 is 0 Å². The van der Waals surface area contributed by atoms with E-state index in [9.17, 15) is 0 Å². The lowest BCUT2D eigenvalue weighted by molar-refractivity contribution is 0.909. The molecule has 0 saturated heterocycles. The van der Waals surface area contributed by atoms with Gasteiger partial charge in [0.25, 0.3) is 0 Å². The van der Waals surface area contributed by atoms with E-state index in [1.54, 1.807) is 30.2 Å². The Morgan fingerprint density at radius 2 is 1.82 bits per heavy atom. The van der Waals surface area contributed by atoms with Crippen molar-refractivity contribution in [3.8, 4) is 0 Å². The number of nitrogens with zero attached hydrogens (tertiary/aromatic N) is 2. The van der Waals surface area contributed by atoms with E-state index in [2.05, 4.69) is 9.97 Å². The highest BCUT2D eigenvalue weighted by atomic mass is 35.5. The standard InChI is InChI=1S/C12H12ClN3S/c13-10-4-2-9(3-5-10)11(8-14)17-12-15-6-1-7-16-12/h1-7,11H,8,14H2. The predicted octanol–water partition coefficient (Wildman–Crippen LogP) is 2.92. The number of thioether (sulfide) groups is 1. The van der Waals surface area contributed by atoms with Gasteiger partial charge in [0.05, 0.1) is 0 Å². The molecular weight excluding hydrogens is 254 g/mol. The van der Waals surface area contributed by atoms with E-state index in [-0.39, 0.29) is 5.25 Å². The number of halogens is 1. The molecule has 0 radical (unpaired) electrons. The molecule has 1 heterocycles. The molecule has 1 unspecified atom stereocenters. The van der Waals surface area contributed by atoms with Crippen LogP contribution in [0.4, 0.5) is 0 Å². The Morgan fingerprint density at radius 3 is 2.41 bits per heavy atom. The predicted molar refractivity (Wildman–Crippen MR) is 71.1 cm³/mol. The van der Waals surface area contributed by atoms with E-state index in [0.717, 1.165) is 15.7 Å². The number of nitrogens with two attached hydrogens (primary N) is 1. The Morgan fingerprint density at radius 1 is 1.18 bits per heavy atom. The van der Waals surface area contributed by atoms with Gasteiger partial charge in [-0.25, -0.2) is 9.97 Å². The summed E-state index contributed by atoms with van der Waals surface area (Å²) in [5.74, 6) is 0. The lowest BCUT2D eigenvalue weighted by Crippen LogP contribution is -2.09. The van der Waals surface area contributed by atoms with E-state index in [1.165, 1.54) is 0 Å². The molecule has 0 bridgehead atoms. The molecule has 1 aromatic heterocycles. The molecule has 0 aliphatic rings. The molecule has 0 aliphatic heterocycles. The van der Waals surface area contributed by atoms with Gasteiger partial charge in [-0.15, -0.1) is 0 Å². The van der Waals surface area contributed by atoms with Crippen molar-refractivity contribution in [3.05, 3.63) is 53.3 Å². The van der Waals surface area contributed by atoms with Crippen molar-refractivity contribution in [3.63, 3.8) is 0 Å². The third-order valence-electron chi connectivity index (χ3n) is 2.25. The molecule has 88 valence electrons. The first-order chi connectivity index (χ1) is 8.29. The van der Waals surface area contributed by atoms with Crippen molar-refractivity contribution < 1.29 is 0 Å². The molecule has 0 saturated carbocycles. The van der Waals surface area contributed by atoms with Crippen LogP contribution in [0.3, 0.4) is 0 Å². The summed E-state index contributed by atoms with van der Waals surface area (Å²) in [6.45, 7) is 0.532. The quantitative estimate of drug-likeness (QED) is 0.682. The summed E-state index contributed by atoms with van der Waals surface area (Å²) in [6.07, 6.45) is 3.45. The number of rotatable bonds is 4. The SMILES string of the molecule is NCC(Sc1ncccn1)c1ccc(Cl)cc1. The van der Waals surface area contributed by atoms with E-state index in [0.29, 0.717) is 6.54 Å². The minimum absolute atomic E-state index is 0.148. The molecule has 5 heteroatoms. The monoisotopic (exact) mass is 265 g/mol. The molecule has 2 aromatic rings. The molecule has 3 nitrogen and oxygen atoms in total. The van der Waals surface area contributed by atoms with Crippen LogP contribution in [0, 0.1) is 0 Å². The Labute approximate surface area is 109 Å². The molecule has 0 spiro atoms. The maximum Gasteiger partial charge on any atom is 0.188 e. The fourth-order valence-corrected chi connectivity index (χ4v) is 2.42. The van der Waals surface area contributed by atoms with Crippen LogP contribution in [0.15, 0.2) is 47.9 Å². The van der Waals surface area contributed by atoms with Gasteiger partial charge in [-0.1, -0.05) is 35.5 Å². The van der Waals surface area contributed by atoms with Crippen LogP contribution in [0.5, 0.6) is 0 Å². The van der Waals surface area contributed by atoms with Crippen molar-refractivity contribution in [1.29, 1.82) is 0 Å². The van der Waals surface area contributed by atoms with Gasteiger partial charge in [-0.05, 0) is 23.8 Å². The first-order valence-corrected chi connectivity index (χ1v) is 6.44. The molecule has 2 N–H and O–H groups in total. The summed E-state index contributed by atoms with van der Waals surface area (Å²) in [5.41, 5.74) is 6.91. The zero-order valence-corrected chi connectivity index (χ0v) is 10.7. The summed E-state index contributed by atoms with van der Waals surface area (Å²) in [7, 11) is 0. The Bertz CT molecular complexity index is 461. The third-order valence-corrected chi connectivity index (χ3v) is 3.67. The fraction of sp³-hybridized carbons (Fsp3) is 0.167. The van der Waals surface area contributed by atoms with E-state index >= 15 is 0 Å². The highest BCUT2D eigenvalue weighted by molar-refractivity contribution is 7.99. The molecule has 17 heavy (non-hydrogen) atoms. The highest BCUT2D eigenvalue weighted by Gasteiger charge is 2.12.